The van der Waals surface area contributed by atoms with Crippen LogP contribution in [0.1, 0.15) is 12.1 Å². The molecule has 5 nitrogen and oxygen atoms in total. The summed E-state index contributed by atoms with van der Waals surface area (Å²) in [5, 5.41) is 8.96. The van der Waals surface area contributed by atoms with E-state index in [4.69, 9.17) is 5.11 Å². The summed E-state index contributed by atoms with van der Waals surface area (Å²) in [6.07, 6.45) is 1.85. The van der Waals surface area contributed by atoms with Crippen LogP contribution in [0, 0.1) is 0 Å². The van der Waals surface area contributed by atoms with Crippen molar-refractivity contribution in [3.8, 4) is 0 Å². The lowest BCUT2D eigenvalue weighted by Crippen LogP contribution is -2.34. The smallest absolute Gasteiger partial charge is 0.407 e. The van der Waals surface area contributed by atoms with Crippen molar-refractivity contribution in [2.45, 2.75) is 13.0 Å². The van der Waals surface area contributed by atoms with Gasteiger partial charge in [0, 0.05) is 43.4 Å². The van der Waals surface area contributed by atoms with Crippen LogP contribution in [0.25, 0.3) is 0 Å². The molecule has 1 N–H and O–H groups in total. The van der Waals surface area contributed by atoms with E-state index in [-0.39, 0.29) is 0 Å². The van der Waals surface area contributed by atoms with Gasteiger partial charge in [-0.3, -0.25) is 9.88 Å². The Hall–Kier alpha value is -1.14. The van der Waals surface area contributed by atoms with Crippen molar-refractivity contribution in [3.05, 3.63) is 28.5 Å². The summed E-state index contributed by atoms with van der Waals surface area (Å²) >= 11 is 3.36. The van der Waals surface area contributed by atoms with E-state index in [0.29, 0.717) is 13.1 Å². The Balaban J connectivity index is 1.90. The van der Waals surface area contributed by atoms with Crippen molar-refractivity contribution in [1.29, 1.82) is 0 Å². The minimum atomic E-state index is -0.821. The average Bonchev–Trinajstić information content (AvgIpc) is 2.58. The first-order valence-electron chi connectivity index (χ1n) is 5.96. The van der Waals surface area contributed by atoms with E-state index in [1.807, 2.05) is 12.1 Å². The highest BCUT2D eigenvalue weighted by atomic mass is 79.9. The number of halogens is 1. The van der Waals surface area contributed by atoms with Gasteiger partial charge >= 0.3 is 6.09 Å². The van der Waals surface area contributed by atoms with Crippen LogP contribution in [0.2, 0.25) is 0 Å². The summed E-state index contributed by atoms with van der Waals surface area (Å²) in [5.74, 6) is 0. The zero-order chi connectivity index (χ0) is 13.0. The topological polar surface area (TPSA) is 56.7 Å². The molecule has 0 aliphatic carbocycles. The molecule has 1 aromatic heterocycles. The van der Waals surface area contributed by atoms with Gasteiger partial charge in [0.25, 0.3) is 0 Å². The third-order valence-electron chi connectivity index (χ3n) is 3.03. The standard InChI is InChI=1S/C12H16BrN3O2/c13-10-2-3-11(14-8-10)9-15-4-1-5-16(7-6-15)12(17)18/h2-3,8H,1,4-7,9H2,(H,17,18). The molecular formula is C12H16BrN3O2. The Kier molecular flexibility index (Phi) is 4.54. The summed E-state index contributed by atoms with van der Waals surface area (Å²) in [5.41, 5.74) is 1.02. The molecule has 1 aromatic rings. The molecule has 2 heterocycles. The number of nitrogens with zero attached hydrogens (tertiary/aromatic N) is 3. The normalized spacial score (nSPS) is 17.5. The van der Waals surface area contributed by atoms with Crippen LogP contribution in [-0.4, -0.2) is 52.2 Å². The van der Waals surface area contributed by atoms with E-state index in [9.17, 15) is 4.79 Å². The Labute approximate surface area is 115 Å². The zero-order valence-corrected chi connectivity index (χ0v) is 11.6. The van der Waals surface area contributed by atoms with E-state index in [2.05, 4.69) is 25.8 Å². The lowest BCUT2D eigenvalue weighted by molar-refractivity contribution is 0.146. The molecule has 0 bridgehead atoms. The second-order valence-electron chi connectivity index (χ2n) is 4.37. The molecule has 0 radical (unpaired) electrons. The van der Waals surface area contributed by atoms with Gasteiger partial charge in [0.2, 0.25) is 0 Å². The SMILES string of the molecule is O=C(O)N1CCCN(Cc2ccc(Br)cn2)CC1. The molecule has 18 heavy (non-hydrogen) atoms. The van der Waals surface area contributed by atoms with E-state index < -0.39 is 6.09 Å². The number of hydrogen-bond acceptors (Lipinski definition) is 3. The number of carbonyl (C=O) groups is 1. The molecule has 1 saturated heterocycles. The summed E-state index contributed by atoms with van der Waals surface area (Å²) < 4.78 is 0.971. The molecule has 98 valence electrons. The third kappa shape index (κ3) is 3.68. The predicted molar refractivity (Wildman–Crippen MR) is 71.4 cm³/mol. The van der Waals surface area contributed by atoms with Crippen molar-refractivity contribution >= 4 is 22.0 Å². The Bertz CT molecular complexity index is 410. The monoisotopic (exact) mass is 313 g/mol. The van der Waals surface area contributed by atoms with Gasteiger partial charge in [0.15, 0.2) is 0 Å². The van der Waals surface area contributed by atoms with Gasteiger partial charge < -0.3 is 10.0 Å². The van der Waals surface area contributed by atoms with Crippen molar-refractivity contribution in [2.24, 2.45) is 0 Å². The lowest BCUT2D eigenvalue weighted by atomic mass is 10.3. The van der Waals surface area contributed by atoms with Crippen LogP contribution in [0.3, 0.4) is 0 Å². The Morgan fingerprint density at radius 2 is 2.17 bits per heavy atom. The maximum atomic E-state index is 10.9. The first-order chi connectivity index (χ1) is 8.65. The molecule has 1 fully saturated rings. The lowest BCUT2D eigenvalue weighted by Gasteiger charge is -2.19. The van der Waals surface area contributed by atoms with E-state index in [1.165, 1.54) is 4.90 Å². The fraction of sp³-hybridized carbons (Fsp3) is 0.500. The number of aromatic nitrogens is 1. The second-order valence-corrected chi connectivity index (χ2v) is 5.28. The maximum Gasteiger partial charge on any atom is 0.407 e. The zero-order valence-electron chi connectivity index (χ0n) is 10.0. The summed E-state index contributed by atoms with van der Waals surface area (Å²) in [6, 6.07) is 3.97. The van der Waals surface area contributed by atoms with Gasteiger partial charge in [0.05, 0.1) is 5.69 Å². The Morgan fingerprint density at radius 3 is 2.83 bits per heavy atom. The van der Waals surface area contributed by atoms with Crippen LogP contribution < -0.4 is 0 Å². The molecule has 0 spiro atoms. The minimum Gasteiger partial charge on any atom is -0.465 e. The molecule has 2 rings (SSSR count). The largest absolute Gasteiger partial charge is 0.465 e. The molecule has 0 unspecified atom stereocenters. The number of rotatable bonds is 2. The van der Waals surface area contributed by atoms with Crippen LogP contribution in [0.4, 0.5) is 4.79 Å². The molecule has 6 heteroatoms. The molecule has 0 saturated carbocycles. The van der Waals surface area contributed by atoms with Crippen molar-refractivity contribution in [2.75, 3.05) is 26.2 Å². The van der Waals surface area contributed by atoms with Gasteiger partial charge in [0.1, 0.15) is 0 Å². The number of pyridine rings is 1. The van der Waals surface area contributed by atoms with E-state index in [0.717, 1.165) is 36.2 Å². The predicted octanol–water partition coefficient (Wildman–Crippen LogP) is 2.03. The van der Waals surface area contributed by atoms with Crippen molar-refractivity contribution < 1.29 is 9.90 Å². The molecule has 1 aliphatic heterocycles. The van der Waals surface area contributed by atoms with Crippen molar-refractivity contribution in [1.82, 2.24) is 14.8 Å². The summed E-state index contributed by atoms with van der Waals surface area (Å²) in [4.78, 5) is 19.0. The van der Waals surface area contributed by atoms with Crippen LogP contribution in [-0.2, 0) is 6.54 Å². The Morgan fingerprint density at radius 1 is 1.33 bits per heavy atom. The minimum absolute atomic E-state index is 0.575. The van der Waals surface area contributed by atoms with Gasteiger partial charge in [-0.1, -0.05) is 0 Å². The molecule has 1 amide bonds. The summed E-state index contributed by atoms with van der Waals surface area (Å²) in [7, 11) is 0. The van der Waals surface area contributed by atoms with Crippen LogP contribution in [0.5, 0.6) is 0 Å². The number of carboxylic acid groups (broad SMARTS) is 1. The van der Waals surface area contributed by atoms with Crippen LogP contribution >= 0.6 is 15.9 Å². The van der Waals surface area contributed by atoms with Crippen molar-refractivity contribution in [3.63, 3.8) is 0 Å². The van der Waals surface area contributed by atoms with Crippen LogP contribution in [0.15, 0.2) is 22.8 Å². The molecular weight excluding hydrogens is 298 g/mol. The van der Waals surface area contributed by atoms with Gasteiger partial charge in [-0.25, -0.2) is 4.79 Å². The number of amides is 1. The summed E-state index contributed by atoms with van der Waals surface area (Å²) in [6.45, 7) is 3.66. The highest BCUT2D eigenvalue weighted by molar-refractivity contribution is 9.10. The maximum absolute atomic E-state index is 10.9. The fourth-order valence-corrected chi connectivity index (χ4v) is 2.28. The van der Waals surface area contributed by atoms with E-state index in [1.54, 1.807) is 6.20 Å². The molecule has 1 aliphatic rings. The van der Waals surface area contributed by atoms with Gasteiger partial charge in [-0.15, -0.1) is 0 Å². The highest BCUT2D eigenvalue weighted by Gasteiger charge is 2.18. The number of hydrogen-bond donors (Lipinski definition) is 1. The van der Waals surface area contributed by atoms with Gasteiger partial charge in [-0.2, -0.15) is 0 Å². The first-order valence-corrected chi connectivity index (χ1v) is 6.75. The average molecular weight is 314 g/mol. The first kappa shape index (κ1) is 13.3. The fourth-order valence-electron chi connectivity index (χ4n) is 2.05. The third-order valence-corrected chi connectivity index (χ3v) is 3.50. The second kappa shape index (κ2) is 6.15. The quantitative estimate of drug-likeness (QED) is 0.907. The molecule has 0 aromatic carbocycles. The van der Waals surface area contributed by atoms with E-state index >= 15 is 0 Å². The molecule has 0 atom stereocenters. The van der Waals surface area contributed by atoms with Gasteiger partial charge in [-0.05, 0) is 34.5 Å². The highest BCUT2D eigenvalue weighted by Crippen LogP contribution is 2.11.